The van der Waals surface area contributed by atoms with Crippen molar-refractivity contribution in [2.75, 3.05) is 6.79 Å². The van der Waals surface area contributed by atoms with Gasteiger partial charge in [-0.2, -0.15) is 0 Å². The molecule has 0 unspecified atom stereocenters. The van der Waals surface area contributed by atoms with E-state index in [0.717, 1.165) is 11.8 Å². The summed E-state index contributed by atoms with van der Waals surface area (Å²) in [5, 5.41) is 9.52. The molecule has 1 aromatic rings. The summed E-state index contributed by atoms with van der Waals surface area (Å²) < 4.78 is 10.2. The maximum atomic E-state index is 10.2. The van der Waals surface area contributed by atoms with Crippen LogP contribution in [-0.2, 0) is 11.2 Å². The molecule has 0 aromatic heterocycles. The zero-order valence-electron chi connectivity index (χ0n) is 7.53. The van der Waals surface area contributed by atoms with Crippen LogP contribution in [0.4, 0.5) is 0 Å². The normalized spacial score (nSPS) is 12.9. The lowest BCUT2D eigenvalue weighted by Gasteiger charge is -2.03. The number of hydrogen-bond donors (Lipinski definition) is 1. The van der Waals surface area contributed by atoms with Crippen molar-refractivity contribution in [2.45, 2.75) is 12.8 Å². The molecular weight excluding hydrogens is 184 g/mol. The highest BCUT2D eigenvalue weighted by molar-refractivity contribution is 5.55. The maximum absolute atomic E-state index is 10.2. The molecular formula is C10H10O4. The number of benzene rings is 1. The van der Waals surface area contributed by atoms with Crippen LogP contribution in [0.25, 0.3) is 0 Å². The van der Waals surface area contributed by atoms with Crippen LogP contribution in [0, 0.1) is 0 Å². The van der Waals surface area contributed by atoms with E-state index in [0.29, 0.717) is 24.3 Å². The van der Waals surface area contributed by atoms with Crippen molar-refractivity contribution in [1.82, 2.24) is 0 Å². The lowest BCUT2D eigenvalue weighted by molar-refractivity contribution is -0.107. The lowest BCUT2D eigenvalue weighted by atomic mass is 10.1. The molecule has 1 heterocycles. The summed E-state index contributed by atoms with van der Waals surface area (Å²) in [7, 11) is 0. The Kier molecular flexibility index (Phi) is 2.26. The number of hydrogen-bond acceptors (Lipinski definition) is 4. The molecule has 1 aliphatic rings. The molecule has 0 fully saturated rings. The van der Waals surface area contributed by atoms with Crippen molar-refractivity contribution < 1.29 is 19.4 Å². The van der Waals surface area contributed by atoms with E-state index in [4.69, 9.17) is 9.47 Å². The second-order valence-corrected chi connectivity index (χ2v) is 3.05. The van der Waals surface area contributed by atoms with Crippen molar-refractivity contribution >= 4 is 6.29 Å². The monoisotopic (exact) mass is 194 g/mol. The largest absolute Gasteiger partial charge is 0.504 e. The van der Waals surface area contributed by atoms with Gasteiger partial charge in [0, 0.05) is 6.42 Å². The molecule has 1 aromatic carbocycles. The van der Waals surface area contributed by atoms with E-state index in [2.05, 4.69) is 0 Å². The standard InChI is InChI=1S/C10H10O4/c11-3-1-2-7-4-8(12)10-9(5-7)13-6-14-10/h3-5,12H,1-2,6H2. The highest BCUT2D eigenvalue weighted by Gasteiger charge is 2.18. The van der Waals surface area contributed by atoms with E-state index in [1.54, 1.807) is 12.1 Å². The topological polar surface area (TPSA) is 55.8 Å². The molecule has 0 bridgehead atoms. The molecule has 4 heteroatoms. The number of carbonyl (C=O) groups is 1. The first-order valence-electron chi connectivity index (χ1n) is 4.36. The number of phenols is 1. The average Bonchev–Trinajstić information content (AvgIpc) is 2.63. The first kappa shape index (κ1) is 8.87. The lowest BCUT2D eigenvalue weighted by Crippen LogP contribution is -1.93. The summed E-state index contributed by atoms with van der Waals surface area (Å²) in [6.07, 6.45) is 1.90. The molecule has 0 spiro atoms. The fraction of sp³-hybridized carbons (Fsp3) is 0.300. The molecule has 1 N–H and O–H groups in total. The first-order chi connectivity index (χ1) is 6.81. The van der Waals surface area contributed by atoms with Gasteiger partial charge in [0.25, 0.3) is 0 Å². The van der Waals surface area contributed by atoms with Gasteiger partial charge in [0.15, 0.2) is 11.5 Å². The second kappa shape index (κ2) is 3.57. The van der Waals surface area contributed by atoms with Gasteiger partial charge < -0.3 is 19.4 Å². The van der Waals surface area contributed by atoms with Crippen LogP contribution in [0.2, 0.25) is 0 Å². The molecule has 4 nitrogen and oxygen atoms in total. The zero-order chi connectivity index (χ0) is 9.97. The maximum Gasteiger partial charge on any atom is 0.231 e. The summed E-state index contributed by atoms with van der Waals surface area (Å²) in [6.45, 7) is 0.139. The van der Waals surface area contributed by atoms with Crippen LogP contribution in [0.1, 0.15) is 12.0 Å². The smallest absolute Gasteiger partial charge is 0.231 e. The van der Waals surface area contributed by atoms with E-state index in [1.807, 2.05) is 0 Å². The van der Waals surface area contributed by atoms with Crippen LogP contribution in [0.5, 0.6) is 17.2 Å². The second-order valence-electron chi connectivity index (χ2n) is 3.05. The molecule has 74 valence electrons. The van der Waals surface area contributed by atoms with Crippen molar-refractivity contribution in [3.05, 3.63) is 17.7 Å². The van der Waals surface area contributed by atoms with Gasteiger partial charge in [0.05, 0.1) is 0 Å². The molecule has 2 rings (SSSR count). The van der Waals surface area contributed by atoms with Gasteiger partial charge in [0.1, 0.15) is 6.29 Å². The summed E-state index contributed by atoms with van der Waals surface area (Å²) in [5.41, 5.74) is 0.874. The number of carbonyl (C=O) groups excluding carboxylic acids is 1. The summed E-state index contributed by atoms with van der Waals surface area (Å²) in [4.78, 5) is 10.2. The Balaban J connectivity index is 2.27. The van der Waals surface area contributed by atoms with Crippen molar-refractivity contribution in [2.24, 2.45) is 0 Å². The average molecular weight is 194 g/mol. The predicted octanol–water partition coefficient (Wildman–Crippen LogP) is 1.25. The molecule has 0 saturated carbocycles. The van der Waals surface area contributed by atoms with Gasteiger partial charge in [0.2, 0.25) is 12.5 Å². The minimum Gasteiger partial charge on any atom is -0.504 e. The van der Waals surface area contributed by atoms with Crippen LogP contribution < -0.4 is 9.47 Å². The first-order valence-corrected chi connectivity index (χ1v) is 4.36. The number of fused-ring (bicyclic) bond motifs is 1. The fourth-order valence-electron chi connectivity index (χ4n) is 1.42. The Labute approximate surface area is 81.1 Å². The Bertz CT molecular complexity index is 359. The van der Waals surface area contributed by atoms with Gasteiger partial charge in [-0.05, 0) is 24.1 Å². The van der Waals surface area contributed by atoms with E-state index >= 15 is 0 Å². The van der Waals surface area contributed by atoms with E-state index in [-0.39, 0.29) is 12.5 Å². The molecule has 0 aliphatic carbocycles. The SMILES string of the molecule is O=CCCc1cc(O)c2c(c1)OCO2. The van der Waals surface area contributed by atoms with Crippen molar-refractivity contribution in [1.29, 1.82) is 0 Å². The van der Waals surface area contributed by atoms with Gasteiger partial charge in [-0.3, -0.25) is 0 Å². The highest BCUT2D eigenvalue weighted by atomic mass is 16.7. The Morgan fingerprint density at radius 1 is 1.43 bits per heavy atom. The fourth-order valence-corrected chi connectivity index (χ4v) is 1.42. The summed E-state index contributed by atoms with van der Waals surface area (Å²) in [5.74, 6) is 1.01. The van der Waals surface area contributed by atoms with Gasteiger partial charge in [-0.25, -0.2) is 0 Å². The minimum absolute atomic E-state index is 0.0703. The highest BCUT2D eigenvalue weighted by Crippen LogP contribution is 2.41. The predicted molar refractivity (Wildman–Crippen MR) is 48.6 cm³/mol. The zero-order valence-corrected chi connectivity index (χ0v) is 7.53. The molecule has 0 saturated heterocycles. The minimum atomic E-state index is 0.0703. The van der Waals surface area contributed by atoms with Gasteiger partial charge >= 0.3 is 0 Å². The molecule has 0 radical (unpaired) electrons. The molecule has 1 aliphatic heterocycles. The van der Waals surface area contributed by atoms with Crippen LogP contribution >= 0.6 is 0 Å². The molecule has 0 atom stereocenters. The number of aryl methyl sites for hydroxylation is 1. The Morgan fingerprint density at radius 3 is 3.07 bits per heavy atom. The number of aromatic hydroxyl groups is 1. The van der Waals surface area contributed by atoms with Gasteiger partial charge in [-0.15, -0.1) is 0 Å². The van der Waals surface area contributed by atoms with E-state index in [1.165, 1.54) is 0 Å². The summed E-state index contributed by atoms with van der Waals surface area (Å²) >= 11 is 0. The number of phenolic OH excluding ortho intramolecular Hbond substituents is 1. The Hall–Kier alpha value is -1.71. The quantitative estimate of drug-likeness (QED) is 0.736. The third-order valence-electron chi connectivity index (χ3n) is 2.06. The third kappa shape index (κ3) is 1.51. The van der Waals surface area contributed by atoms with Crippen molar-refractivity contribution in [3.8, 4) is 17.2 Å². The number of aldehydes is 1. The Morgan fingerprint density at radius 2 is 2.29 bits per heavy atom. The van der Waals surface area contributed by atoms with E-state index < -0.39 is 0 Å². The number of ether oxygens (including phenoxy) is 2. The van der Waals surface area contributed by atoms with Crippen molar-refractivity contribution in [3.63, 3.8) is 0 Å². The van der Waals surface area contributed by atoms with Crippen LogP contribution in [0.15, 0.2) is 12.1 Å². The summed E-state index contributed by atoms with van der Waals surface area (Å²) in [6, 6.07) is 3.38. The van der Waals surface area contributed by atoms with Crippen LogP contribution in [0.3, 0.4) is 0 Å². The third-order valence-corrected chi connectivity index (χ3v) is 2.06. The van der Waals surface area contributed by atoms with Gasteiger partial charge in [-0.1, -0.05) is 0 Å². The number of rotatable bonds is 3. The molecule has 14 heavy (non-hydrogen) atoms. The molecule has 0 amide bonds. The van der Waals surface area contributed by atoms with E-state index in [9.17, 15) is 9.90 Å². The van der Waals surface area contributed by atoms with Crippen LogP contribution in [-0.4, -0.2) is 18.2 Å².